The fourth-order valence-electron chi connectivity index (χ4n) is 2.84. The average Bonchev–Trinajstić information content (AvgIpc) is 3.26. The summed E-state index contributed by atoms with van der Waals surface area (Å²) in [6.45, 7) is 2.40. The summed E-state index contributed by atoms with van der Waals surface area (Å²) in [5.41, 5.74) is -1.10. The van der Waals surface area contributed by atoms with E-state index in [-0.39, 0.29) is 18.9 Å². The number of aliphatic hydroxyl groups is 2. The van der Waals surface area contributed by atoms with Gasteiger partial charge in [0, 0.05) is 25.9 Å². The Morgan fingerprint density at radius 1 is 1.54 bits per heavy atom. The molecule has 2 aromatic rings. The Morgan fingerprint density at radius 3 is 3.04 bits per heavy atom. The molecule has 8 nitrogen and oxygen atoms in total. The summed E-state index contributed by atoms with van der Waals surface area (Å²) >= 11 is 0. The van der Waals surface area contributed by atoms with E-state index < -0.39 is 11.7 Å². The van der Waals surface area contributed by atoms with Crippen molar-refractivity contribution in [3.63, 3.8) is 0 Å². The van der Waals surface area contributed by atoms with Gasteiger partial charge in [-0.15, -0.1) is 0 Å². The predicted molar refractivity (Wildman–Crippen MR) is 82.8 cm³/mol. The highest BCUT2D eigenvalue weighted by Crippen LogP contribution is 2.26. The van der Waals surface area contributed by atoms with Crippen molar-refractivity contribution >= 4 is 5.91 Å². The summed E-state index contributed by atoms with van der Waals surface area (Å²) in [7, 11) is 0. The van der Waals surface area contributed by atoms with Gasteiger partial charge in [0.15, 0.2) is 5.76 Å². The molecule has 2 N–H and O–H groups in total. The number of carbonyl (C=O) groups is 1. The molecule has 3 rings (SSSR count). The lowest BCUT2D eigenvalue weighted by atomic mass is 9.86. The summed E-state index contributed by atoms with van der Waals surface area (Å²) in [6.07, 6.45) is 1.96. The lowest BCUT2D eigenvalue weighted by molar-refractivity contribution is -0.150. The number of aryl methyl sites for hydroxylation is 1. The molecule has 3 heterocycles. The lowest BCUT2D eigenvalue weighted by Gasteiger charge is -2.41. The number of rotatable bonds is 5. The number of β-amino-alcohol motifs (C(OH)–C–C–N with tert-alkyl or cyclic N) is 1. The lowest BCUT2D eigenvalue weighted by Crippen LogP contribution is -2.56. The highest BCUT2D eigenvalue weighted by atomic mass is 16.5. The van der Waals surface area contributed by atoms with Crippen molar-refractivity contribution in [3.8, 4) is 11.6 Å². The van der Waals surface area contributed by atoms with Crippen molar-refractivity contribution in [1.82, 2.24) is 15.0 Å². The van der Waals surface area contributed by atoms with Gasteiger partial charge in [0.25, 0.3) is 0 Å². The highest BCUT2D eigenvalue weighted by molar-refractivity contribution is 5.76. The zero-order valence-electron chi connectivity index (χ0n) is 13.5. The smallest absolute Gasteiger partial charge is 0.238 e. The Labute approximate surface area is 139 Å². The van der Waals surface area contributed by atoms with E-state index in [1.165, 1.54) is 6.26 Å². The van der Waals surface area contributed by atoms with Gasteiger partial charge in [0.05, 0.1) is 11.9 Å². The fourth-order valence-corrected chi connectivity index (χ4v) is 2.84. The Bertz CT molecular complexity index is 684. The molecular formula is C16H21N3O5. The summed E-state index contributed by atoms with van der Waals surface area (Å²) in [4.78, 5) is 18.0. The molecule has 2 aromatic heterocycles. The van der Waals surface area contributed by atoms with Gasteiger partial charge in [-0.2, -0.15) is 4.98 Å². The summed E-state index contributed by atoms with van der Waals surface area (Å²) in [6, 6.07) is 3.46. The van der Waals surface area contributed by atoms with Crippen LogP contribution in [-0.4, -0.2) is 56.0 Å². The number of likely N-dealkylation sites (tertiary alicyclic amines) is 1. The van der Waals surface area contributed by atoms with E-state index in [1.807, 2.05) is 6.92 Å². The predicted octanol–water partition coefficient (Wildman–Crippen LogP) is 0.997. The van der Waals surface area contributed by atoms with Gasteiger partial charge in [-0.3, -0.25) is 4.79 Å². The van der Waals surface area contributed by atoms with Crippen LogP contribution in [-0.2, 0) is 11.2 Å². The van der Waals surface area contributed by atoms with Gasteiger partial charge in [-0.1, -0.05) is 12.1 Å². The number of aliphatic hydroxyl groups excluding tert-OH is 1. The minimum absolute atomic E-state index is 0.107. The van der Waals surface area contributed by atoms with Crippen LogP contribution in [0.2, 0.25) is 0 Å². The van der Waals surface area contributed by atoms with Crippen LogP contribution in [0.25, 0.3) is 11.6 Å². The van der Waals surface area contributed by atoms with Gasteiger partial charge in [0.2, 0.25) is 17.6 Å². The van der Waals surface area contributed by atoms with E-state index >= 15 is 0 Å². The molecule has 24 heavy (non-hydrogen) atoms. The third kappa shape index (κ3) is 3.34. The second-order valence-electron chi connectivity index (χ2n) is 6.05. The Hall–Kier alpha value is -2.19. The van der Waals surface area contributed by atoms with E-state index in [2.05, 4.69) is 10.1 Å². The minimum Gasteiger partial charge on any atom is -0.461 e. The maximum absolute atomic E-state index is 12.3. The molecular weight excluding hydrogens is 314 g/mol. The number of aromatic nitrogens is 2. The molecule has 1 aliphatic heterocycles. The molecule has 8 heteroatoms. The number of carbonyl (C=O) groups excluding carboxylic acids is 1. The van der Waals surface area contributed by atoms with Crippen molar-refractivity contribution in [2.75, 3.05) is 13.1 Å². The first kappa shape index (κ1) is 16.7. The van der Waals surface area contributed by atoms with Crippen LogP contribution in [0.4, 0.5) is 0 Å². The van der Waals surface area contributed by atoms with E-state index in [9.17, 15) is 15.0 Å². The number of nitrogens with zero attached hydrogens (tertiary/aromatic N) is 3. The molecule has 0 radical (unpaired) electrons. The molecule has 1 amide bonds. The van der Waals surface area contributed by atoms with Crippen LogP contribution < -0.4 is 0 Å². The second-order valence-corrected chi connectivity index (χ2v) is 6.05. The van der Waals surface area contributed by atoms with Gasteiger partial charge in [-0.05, 0) is 25.0 Å². The Morgan fingerprint density at radius 2 is 2.38 bits per heavy atom. The van der Waals surface area contributed by atoms with Crippen molar-refractivity contribution in [1.29, 1.82) is 0 Å². The normalized spacial score (nSPS) is 24.3. The summed E-state index contributed by atoms with van der Waals surface area (Å²) in [5.74, 6) is 1.11. The maximum atomic E-state index is 12.3. The Kier molecular flexibility index (Phi) is 4.68. The molecule has 1 aliphatic rings. The zero-order valence-corrected chi connectivity index (χ0v) is 13.5. The van der Waals surface area contributed by atoms with Crippen molar-refractivity contribution in [2.24, 2.45) is 0 Å². The van der Waals surface area contributed by atoms with Gasteiger partial charge >= 0.3 is 0 Å². The molecule has 0 unspecified atom stereocenters. The molecule has 0 spiro atoms. The molecule has 1 fully saturated rings. The SMILES string of the molecule is CC[C@@]1(O)CCN(C(=O)CCc2nc(-c3ccco3)no2)C[C@H]1O. The minimum atomic E-state index is -1.10. The molecule has 0 aromatic carbocycles. The number of furan rings is 1. The highest BCUT2D eigenvalue weighted by Gasteiger charge is 2.40. The summed E-state index contributed by atoms with van der Waals surface area (Å²) in [5, 5.41) is 24.1. The Balaban J connectivity index is 1.53. The number of amides is 1. The van der Waals surface area contributed by atoms with Gasteiger partial charge in [-0.25, -0.2) is 0 Å². The van der Waals surface area contributed by atoms with Crippen molar-refractivity contribution in [2.45, 2.75) is 44.3 Å². The second kappa shape index (κ2) is 6.74. The molecule has 2 atom stereocenters. The van der Waals surface area contributed by atoms with Crippen LogP contribution >= 0.6 is 0 Å². The first-order valence-corrected chi connectivity index (χ1v) is 8.06. The topological polar surface area (TPSA) is 113 Å². The van der Waals surface area contributed by atoms with Crippen LogP contribution in [0, 0.1) is 0 Å². The summed E-state index contributed by atoms with van der Waals surface area (Å²) < 4.78 is 10.3. The third-order valence-electron chi connectivity index (χ3n) is 4.56. The molecule has 130 valence electrons. The first-order chi connectivity index (χ1) is 11.5. The quantitative estimate of drug-likeness (QED) is 0.838. The van der Waals surface area contributed by atoms with Crippen LogP contribution in [0.15, 0.2) is 27.3 Å². The maximum Gasteiger partial charge on any atom is 0.238 e. The largest absolute Gasteiger partial charge is 0.461 e. The van der Waals surface area contributed by atoms with E-state index in [1.54, 1.807) is 17.0 Å². The monoisotopic (exact) mass is 335 g/mol. The molecule has 0 saturated carbocycles. The van der Waals surface area contributed by atoms with E-state index in [4.69, 9.17) is 8.94 Å². The number of piperidine rings is 1. The van der Waals surface area contributed by atoms with E-state index in [0.29, 0.717) is 43.3 Å². The van der Waals surface area contributed by atoms with Crippen LogP contribution in [0.1, 0.15) is 32.1 Å². The first-order valence-electron chi connectivity index (χ1n) is 8.06. The van der Waals surface area contributed by atoms with Gasteiger partial charge < -0.3 is 24.1 Å². The van der Waals surface area contributed by atoms with Crippen LogP contribution in [0.3, 0.4) is 0 Å². The molecule has 0 bridgehead atoms. The van der Waals surface area contributed by atoms with Crippen LogP contribution in [0.5, 0.6) is 0 Å². The van der Waals surface area contributed by atoms with Crippen molar-refractivity contribution in [3.05, 3.63) is 24.3 Å². The van der Waals surface area contributed by atoms with E-state index in [0.717, 1.165) is 0 Å². The number of hydrogen-bond donors (Lipinski definition) is 2. The van der Waals surface area contributed by atoms with Gasteiger partial charge in [0.1, 0.15) is 6.10 Å². The molecule has 0 aliphatic carbocycles. The third-order valence-corrected chi connectivity index (χ3v) is 4.56. The van der Waals surface area contributed by atoms with Crippen molar-refractivity contribution < 1.29 is 23.9 Å². The zero-order chi connectivity index (χ0) is 17.2. The fraction of sp³-hybridized carbons (Fsp3) is 0.562. The standard InChI is InChI=1S/C16H21N3O5/c1-2-16(22)7-8-19(10-12(16)20)14(21)6-5-13-17-15(18-24-13)11-4-3-9-23-11/h3-4,9,12,20,22H,2,5-8,10H2,1H3/t12-,16-/m1/s1. The average molecular weight is 335 g/mol. The number of hydrogen-bond acceptors (Lipinski definition) is 7. The molecule has 1 saturated heterocycles.